The van der Waals surface area contributed by atoms with E-state index >= 15 is 0 Å². The van der Waals surface area contributed by atoms with Gasteiger partial charge in [0.15, 0.2) is 17.3 Å². The zero-order valence-corrected chi connectivity index (χ0v) is 20.2. The van der Waals surface area contributed by atoms with Crippen LogP contribution < -0.4 is 29.7 Å². The minimum Gasteiger partial charge on any atom is -0.493 e. The van der Waals surface area contributed by atoms with Gasteiger partial charge < -0.3 is 39.4 Å². The Balaban J connectivity index is 1.45. The van der Waals surface area contributed by atoms with Crippen molar-refractivity contribution in [3.05, 3.63) is 35.9 Å². The highest BCUT2D eigenvalue weighted by Gasteiger charge is 2.29. The summed E-state index contributed by atoms with van der Waals surface area (Å²) in [6.07, 6.45) is 6.40. The van der Waals surface area contributed by atoms with Crippen molar-refractivity contribution in [1.82, 2.24) is 24.8 Å². The molecule has 2 aliphatic rings. The van der Waals surface area contributed by atoms with E-state index in [1.807, 2.05) is 22.9 Å². The van der Waals surface area contributed by atoms with E-state index in [4.69, 9.17) is 24.2 Å². The van der Waals surface area contributed by atoms with Crippen LogP contribution in [-0.2, 0) is 13.0 Å². The first-order valence-electron chi connectivity index (χ1n) is 11.7. The first-order chi connectivity index (χ1) is 17.1. The molecule has 3 N–H and O–H groups in total. The number of fused-ring (bicyclic) bond motifs is 1. The van der Waals surface area contributed by atoms with Crippen LogP contribution >= 0.6 is 0 Å². The Kier molecular flexibility index (Phi) is 6.60. The lowest BCUT2D eigenvalue weighted by Crippen LogP contribution is -2.36. The summed E-state index contributed by atoms with van der Waals surface area (Å²) in [7, 11) is 4.75. The van der Waals surface area contributed by atoms with Crippen LogP contribution in [0, 0.1) is 0 Å². The number of hydrogen-bond donors (Lipinski definition) is 3. The van der Waals surface area contributed by atoms with Gasteiger partial charge >= 0.3 is 0 Å². The first kappa shape index (κ1) is 23.2. The lowest BCUT2D eigenvalue weighted by molar-refractivity contribution is 0.266. The largest absolute Gasteiger partial charge is 0.493 e. The second kappa shape index (κ2) is 9.96. The SMILES string of the molecule is COc1cc(-n2cnc(Nc3nc4c(c(N5CCCC5CO)n3)CNCC4)c2)cc(OC)c1OC. The predicted molar refractivity (Wildman–Crippen MR) is 131 cm³/mol. The van der Waals surface area contributed by atoms with Crippen LogP contribution in [0.1, 0.15) is 24.1 Å². The number of aliphatic hydroxyl groups is 1. The van der Waals surface area contributed by atoms with Crippen molar-refractivity contribution in [3.8, 4) is 22.9 Å². The molecule has 186 valence electrons. The number of nitrogens with zero attached hydrogens (tertiary/aromatic N) is 5. The summed E-state index contributed by atoms with van der Waals surface area (Å²) >= 11 is 0. The summed E-state index contributed by atoms with van der Waals surface area (Å²) in [4.78, 5) is 16.4. The van der Waals surface area contributed by atoms with Gasteiger partial charge in [-0.3, -0.25) is 0 Å². The molecule has 3 aromatic rings. The zero-order valence-electron chi connectivity index (χ0n) is 20.2. The van der Waals surface area contributed by atoms with E-state index in [1.165, 1.54) is 0 Å². The van der Waals surface area contributed by atoms with E-state index in [0.717, 1.165) is 61.7 Å². The maximum absolute atomic E-state index is 9.87. The third kappa shape index (κ3) is 4.44. The first-order valence-corrected chi connectivity index (χ1v) is 11.7. The third-order valence-corrected chi connectivity index (χ3v) is 6.54. The molecule has 11 nitrogen and oxygen atoms in total. The normalized spacial score (nSPS) is 17.3. The zero-order chi connectivity index (χ0) is 24.4. The molecule has 0 saturated carbocycles. The second-order valence-corrected chi connectivity index (χ2v) is 8.57. The molecule has 0 radical (unpaired) electrons. The van der Waals surface area contributed by atoms with Gasteiger partial charge in [-0.25, -0.2) is 9.97 Å². The van der Waals surface area contributed by atoms with Gasteiger partial charge in [0.1, 0.15) is 12.1 Å². The fraction of sp³-hybridized carbons (Fsp3) is 0.458. The lowest BCUT2D eigenvalue weighted by atomic mass is 10.1. The summed E-state index contributed by atoms with van der Waals surface area (Å²) in [5.74, 6) is 3.66. The number of nitrogens with one attached hydrogen (secondary N) is 2. The van der Waals surface area contributed by atoms with Crippen LogP contribution in [0.2, 0.25) is 0 Å². The van der Waals surface area contributed by atoms with Crippen molar-refractivity contribution >= 4 is 17.6 Å². The van der Waals surface area contributed by atoms with Gasteiger partial charge in [0, 0.05) is 43.8 Å². The van der Waals surface area contributed by atoms with Gasteiger partial charge in [0.25, 0.3) is 0 Å². The number of methoxy groups -OCH3 is 3. The van der Waals surface area contributed by atoms with Gasteiger partial charge in [-0.2, -0.15) is 4.98 Å². The Hall–Kier alpha value is -3.57. The molecule has 0 spiro atoms. The molecule has 11 heteroatoms. The van der Waals surface area contributed by atoms with Crippen molar-refractivity contribution in [3.63, 3.8) is 0 Å². The highest BCUT2D eigenvalue weighted by molar-refractivity contribution is 5.60. The fourth-order valence-corrected chi connectivity index (χ4v) is 4.78. The maximum Gasteiger partial charge on any atom is 0.230 e. The van der Waals surface area contributed by atoms with Gasteiger partial charge in [0.2, 0.25) is 11.7 Å². The van der Waals surface area contributed by atoms with Gasteiger partial charge in [-0.05, 0) is 12.8 Å². The molecule has 2 aliphatic heterocycles. The summed E-state index contributed by atoms with van der Waals surface area (Å²) in [5, 5.41) is 16.6. The number of aromatic nitrogens is 4. The molecule has 0 amide bonds. The Morgan fingerprint density at radius 2 is 1.94 bits per heavy atom. The number of anilines is 3. The molecule has 2 aromatic heterocycles. The van der Waals surface area contributed by atoms with Crippen LogP contribution in [0.15, 0.2) is 24.7 Å². The van der Waals surface area contributed by atoms with Crippen LogP contribution in [0.25, 0.3) is 5.69 Å². The van der Waals surface area contributed by atoms with E-state index in [1.54, 1.807) is 27.7 Å². The number of aliphatic hydroxyl groups excluding tert-OH is 1. The number of imidazole rings is 1. The molecule has 1 fully saturated rings. The molecule has 0 aliphatic carbocycles. The Bertz CT molecular complexity index is 1170. The summed E-state index contributed by atoms with van der Waals surface area (Å²) in [6.45, 7) is 2.61. The van der Waals surface area contributed by atoms with Crippen molar-refractivity contribution in [2.75, 3.05) is 51.2 Å². The van der Waals surface area contributed by atoms with Crippen molar-refractivity contribution < 1.29 is 19.3 Å². The molecule has 5 rings (SSSR count). The Morgan fingerprint density at radius 3 is 2.66 bits per heavy atom. The minimum atomic E-state index is 0.0861. The maximum atomic E-state index is 9.87. The van der Waals surface area contributed by atoms with Crippen LogP contribution in [0.3, 0.4) is 0 Å². The number of hydrogen-bond acceptors (Lipinski definition) is 10. The topological polar surface area (TPSA) is 119 Å². The van der Waals surface area contributed by atoms with Gasteiger partial charge in [0.05, 0.1) is 51.6 Å². The number of benzene rings is 1. The standard InChI is InChI=1S/C24H31N7O4/c1-33-19-9-16(10-20(34-2)22(19)35-3)30-12-21(26-14-30)28-24-27-18-6-7-25-11-17(18)23(29-24)31-8-4-5-15(31)13-32/h9-10,12,14-15,25,32H,4-8,11,13H2,1-3H3,(H,27,28,29). The average Bonchev–Trinajstić information content (AvgIpc) is 3.57. The second-order valence-electron chi connectivity index (χ2n) is 8.57. The molecule has 0 bridgehead atoms. The van der Waals surface area contributed by atoms with Crippen LogP contribution in [-0.4, -0.2) is 71.7 Å². The molecule has 4 heterocycles. The molecule has 1 aromatic carbocycles. The van der Waals surface area contributed by atoms with Crippen molar-refractivity contribution in [2.24, 2.45) is 0 Å². The summed E-state index contributed by atoms with van der Waals surface area (Å²) in [6, 6.07) is 3.80. The fourth-order valence-electron chi connectivity index (χ4n) is 4.78. The van der Waals surface area contributed by atoms with Crippen molar-refractivity contribution in [2.45, 2.75) is 31.8 Å². The van der Waals surface area contributed by atoms with E-state index in [9.17, 15) is 5.11 Å². The molecule has 1 saturated heterocycles. The quantitative estimate of drug-likeness (QED) is 0.441. The smallest absolute Gasteiger partial charge is 0.230 e. The molecule has 1 unspecified atom stereocenters. The van der Waals surface area contributed by atoms with E-state index < -0.39 is 0 Å². The summed E-state index contributed by atoms with van der Waals surface area (Å²) < 4.78 is 18.2. The monoisotopic (exact) mass is 481 g/mol. The van der Waals surface area contributed by atoms with Crippen molar-refractivity contribution in [1.29, 1.82) is 0 Å². The highest BCUT2D eigenvalue weighted by atomic mass is 16.5. The Labute approximate surface area is 204 Å². The Morgan fingerprint density at radius 1 is 1.14 bits per heavy atom. The highest BCUT2D eigenvalue weighted by Crippen LogP contribution is 2.39. The molecular weight excluding hydrogens is 450 g/mol. The van der Waals surface area contributed by atoms with E-state index in [0.29, 0.717) is 29.0 Å². The number of rotatable bonds is 8. The average molecular weight is 482 g/mol. The van der Waals surface area contributed by atoms with Crippen LogP contribution in [0.5, 0.6) is 17.2 Å². The summed E-state index contributed by atoms with van der Waals surface area (Å²) in [5.41, 5.74) is 2.95. The van der Waals surface area contributed by atoms with Crippen LogP contribution in [0.4, 0.5) is 17.6 Å². The third-order valence-electron chi connectivity index (χ3n) is 6.54. The van der Waals surface area contributed by atoms with E-state index in [-0.39, 0.29) is 12.6 Å². The van der Waals surface area contributed by atoms with E-state index in [2.05, 4.69) is 20.5 Å². The minimum absolute atomic E-state index is 0.0861. The predicted octanol–water partition coefficient (Wildman–Crippen LogP) is 2.04. The van der Waals surface area contributed by atoms with Gasteiger partial charge in [-0.1, -0.05) is 0 Å². The lowest BCUT2D eigenvalue weighted by Gasteiger charge is -2.29. The number of ether oxygens (including phenoxy) is 3. The molecule has 35 heavy (non-hydrogen) atoms. The van der Waals surface area contributed by atoms with Gasteiger partial charge in [-0.15, -0.1) is 0 Å². The molecule has 1 atom stereocenters. The molecular formula is C24H31N7O4.